The summed E-state index contributed by atoms with van der Waals surface area (Å²) in [5.74, 6) is -0.219. The SMILES string of the molecule is COC/C=C(C)/C=C/C(F)=C(C)/C=C/c1c(C)sc(C)c1C. The smallest absolute Gasteiger partial charge is 0.126 e. The summed E-state index contributed by atoms with van der Waals surface area (Å²) in [5, 5.41) is 0. The summed E-state index contributed by atoms with van der Waals surface area (Å²) < 4.78 is 19.0. The number of ether oxygens (including phenoxy) is 1. The predicted octanol–water partition coefficient (Wildman–Crippen LogP) is 6.08. The molecule has 0 fully saturated rings. The number of halogens is 1. The highest BCUT2D eigenvalue weighted by molar-refractivity contribution is 7.12. The van der Waals surface area contributed by atoms with Crippen molar-refractivity contribution in [3.63, 3.8) is 0 Å². The first-order valence-corrected chi connectivity index (χ1v) is 8.13. The van der Waals surface area contributed by atoms with Gasteiger partial charge in [0.25, 0.3) is 0 Å². The number of methoxy groups -OCH3 is 1. The highest BCUT2D eigenvalue weighted by atomic mass is 32.1. The lowest BCUT2D eigenvalue weighted by atomic mass is 10.1. The summed E-state index contributed by atoms with van der Waals surface area (Å²) in [7, 11) is 1.64. The molecular weight excluding hydrogens is 295 g/mol. The van der Waals surface area contributed by atoms with Gasteiger partial charge in [0.05, 0.1) is 6.61 Å². The van der Waals surface area contributed by atoms with Crippen LogP contribution in [-0.2, 0) is 4.74 Å². The Morgan fingerprint density at radius 3 is 2.32 bits per heavy atom. The van der Waals surface area contributed by atoms with Crippen molar-refractivity contribution < 1.29 is 9.13 Å². The molecule has 0 aliphatic heterocycles. The zero-order valence-corrected chi connectivity index (χ0v) is 15.1. The molecule has 22 heavy (non-hydrogen) atoms. The fourth-order valence-electron chi connectivity index (χ4n) is 1.96. The standard InChI is InChI=1S/C19H25FOS/c1-13(11-12-21-6)7-10-19(20)14(2)8-9-18-15(3)16(4)22-17(18)5/h7-11H,12H2,1-6H3/b9-8+,10-7+,13-11+,19-14-. The minimum atomic E-state index is -0.219. The molecule has 0 radical (unpaired) electrons. The van der Waals surface area contributed by atoms with Crippen molar-refractivity contribution in [2.45, 2.75) is 34.6 Å². The van der Waals surface area contributed by atoms with Gasteiger partial charge in [0.2, 0.25) is 0 Å². The number of hydrogen-bond donors (Lipinski definition) is 0. The van der Waals surface area contributed by atoms with Gasteiger partial charge in [-0.1, -0.05) is 29.9 Å². The van der Waals surface area contributed by atoms with E-state index >= 15 is 0 Å². The number of rotatable bonds is 6. The van der Waals surface area contributed by atoms with Crippen molar-refractivity contribution >= 4 is 17.4 Å². The maximum Gasteiger partial charge on any atom is 0.126 e. The molecule has 0 aliphatic rings. The van der Waals surface area contributed by atoms with Crippen molar-refractivity contribution in [2.24, 2.45) is 0 Å². The van der Waals surface area contributed by atoms with Crippen LogP contribution in [0.15, 0.2) is 41.3 Å². The summed E-state index contributed by atoms with van der Waals surface area (Å²) in [4.78, 5) is 2.59. The van der Waals surface area contributed by atoms with Crippen molar-refractivity contribution in [1.82, 2.24) is 0 Å². The molecule has 0 amide bonds. The van der Waals surface area contributed by atoms with Crippen LogP contribution < -0.4 is 0 Å². The molecule has 1 aromatic rings. The van der Waals surface area contributed by atoms with Crippen LogP contribution in [0.4, 0.5) is 4.39 Å². The Morgan fingerprint density at radius 1 is 1.09 bits per heavy atom. The second-order valence-corrected chi connectivity index (χ2v) is 6.78. The second-order valence-electron chi connectivity index (χ2n) is 5.35. The third-order valence-corrected chi connectivity index (χ3v) is 4.70. The Kier molecular flexibility index (Phi) is 7.49. The Labute approximate surface area is 137 Å². The zero-order chi connectivity index (χ0) is 16.7. The van der Waals surface area contributed by atoms with E-state index in [9.17, 15) is 4.39 Å². The van der Waals surface area contributed by atoms with Crippen LogP contribution in [0.3, 0.4) is 0 Å². The predicted molar refractivity (Wildman–Crippen MR) is 96.1 cm³/mol. The second kappa shape index (κ2) is 8.86. The molecule has 1 aromatic heterocycles. The highest BCUT2D eigenvalue weighted by Gasteiger charge is 2.06. The molecule has 0 aromatic carbocycles. The van der Waals surface area contributed by atoms with Gasteiger partial charge in [0.15, 0.2) is 0 Å². The Hall–Kier alpha value is -1.45. The van der Waals surface area contributed by atoms with Gasteiger partial charge in [-0.05, 0) is 57.4 Å². The first-order valence-electron chi connectivity index (χ1n) is 7.31. The summed E-state index contributed by atoms with van der Waals surface area (Å²) in [5.41, 5.74) is 4.09. The van der Waals surface area contributed by atoms with Gasteiger partial charge in [-0.15, -0.1) is 11.3 Å². The maximum absolute atomic E-state index is 14.1. The summed E-state index contributed by atoms with van der Waals surface area (Å²) in [6, 6.07) is 0. The monoisotopic (exact) mass is 320 g/mol. The van der Waals surface area contributed by atoms with E-state index < -0.39 is 0 Å². The fourth-order valence-corrected chi connectivity index (χ4v) is 3.02. The van der Waals surface area contributed by atoms with Crippen LogP contribution in [0.2, 0.25) is 0 Å². The van der Waals surface area contributed by atoms with Gasteiger partial charge < -0.3 is 4.74 Å². The van der Waals surface area contributed by atoms with Crippen LogP contribution >= 0.6 is 11.3 Å². The summed E-state index contributed by atoms with van der Waals surface area (Å²) in [6.07, 6.45) is 9.02. The first kappa shape index (κ1) is 18.6. The maximum atomic E-state index is 14.1. The van der Waals surface area contributed by atoms with E-state index in [1.807, 2.05) is 25.2 Å². The van der Waals surface area contributed by atoms with Crippen LogP contribution in [0.25, 0.3) is 6.08 Å². The number of allylic oxidation sites excluding steroid dienone is 6. The van der Waals surface area contributed by atoms with Crippen LogP contribution in [-0.4, -0.2) is 13.7 Å². The fraction of sp³-hybridized carbons (Fsp3) is 0.368. The van der Waals surface area contributed by atoms with Crippen molar-refractivity contribution in [1.29, 1.82) is 0 Å². The van der Waals surface area contributed by atoms with Crippen LogP contribution in [0.1, 0.15) is 34.7 Å². The zero-order valence-electron chi connectivity index (χ0n) is 14.3. The van der Waals surface area contributed by atoms with E-state index in [0.717, 1.165) is 5.57 Å². The van der Waals surface area contributed by atoms with Gasteiger partial charge in [-0.3, -0.25) is 0 Å². The van der Waals surface area contributed by atoms with Gasteiger partial charge in [0.1, 0.15) is 5.83 Å². The average Bonchev–Trinajstić information content (AvgIpc) is 2.73. The third-order valence-electron chi connectivity index (χ3n) is 3.56. The molecule has 120 valence electrons. The van der Waals surface area contributed by atoms with Crippen molar-refractivity contribution in [3.8, 4) is 0 Å². The molecule has 0 N–H and O–H groups in total. The lowest BCUT2D eigenvalue weighted by Crippen LogP contribution is -1.83. The molecule has 0 unspecified atom stereocenters. The van der Waals surface area contributed by atoms with E-state index in [2.05, 4.69) is 20.8 Å². The quantitative estimate of drug-likeness (QED) is 0.577. The van der Waals surface area contributed by atoms with E-state index in [-0.39, 0.29) is 5.83 Å². The first-order chi connectivity index (χ1) is 10.4. The molecule has 1 heterocycles. The van der Waals surface area contributed by atoms with Gasteiger partial charge in [-0.25, -0.2) is 4.39 Å². The lowest BCUT2D eigenvalue weighted by Gasteiger charge is -1.98. The van der Waals surface area contributed by atoms with E-state index in [1.165, 1.54) is 27.0 Å². The molecule has 0 saturated heterocycles. The van der Waals surface area contributed by atoms with E-state index in [1.54, 1.807) is 31.4 Å². The lowest BCUT2D eigenvalue weighted by molar-refractivity contribution is 0.233. The highest BCUT2D eigenvalue weighted by Crippen LogP contribution is 2.28. The molecule has 0 bridgehead atoms. The summed E-state index contributed by atoms with van der Waals surface area (Å²) in [6.45, 7) is 10.6. The van der Waals surface area contributed by atoms with Crippen molar-refractivity contribution in [3.05, 3.63) is 62.2 Å². The third kappa shape index (κ3) is 5.39. The Morgan fingerprint density at radius 2 is 1.77 bits per heavy atom. The number of hydrogen-bond acceptors (Lipinski definition) is 2. The molecule has 0 atom stereocenters. The van der Waals surface area contributed by atoms with Gasteiger partial charge in [-0.2, -0.15) is 0 Å². The van der Waals surface area contributed by atoms with Crippen molar-refractivity contribution in [2.75, 3.05) is 13.7 Å². The minimum Gasteiger partial charge on any atom is -0.381 e. The van der Waals surface area contributed by atoms with Crippen LogP contribution in [0, 0.1) is 20.8 Å². The topological polar surface area (TPSA) is 9.23 Å². The normalized spacial score (nSPS) is 14.2. The number of aryl methyl sites for hydroxylation is 2. The van der Waals surface area contributed by atoms with Crippen LogP contribution in [0.5, 0.6) is 0 Å². The van der Waals surface area contributed by atoms with Gasteiger partial charge in [0, 0.05) is 16.9 Å². The number of thiophene rings is 1. The largest absolute Gasteiger partial charge is 0.381 e. The molecule has 0 spiro atoms. The molecule has 3 heteroatoms. The molecule has 0 saturated carbocycles. The Bertz CT molecular complexity index is 630. The average molecular weight is 320 g/mol. The molecular formula is C19H25FOS. The Balaban J connectivity index is 2.87. The van der Waals surface area contributed by atoms with E-state index in [4.69, 9.17) is 4.74 Å². The minimum absolute atomic E-state index is 0.219. The summed E-state index contributed by atoms with van der Waals surface area (Å²) >= 11 is 1.78. The van der Waals surface area contributed by atoms with Gasteiger partial charge >= 0.3 is 0 Å². The molecule has 0 aliphatic carbocycles. The van der Waals surface area contributed by atoms with E-state index in [0.29, 0.717) is 12.2 Å². The molecule has 1 rings (SSSR count). The molecule has 1 nitrogen and oxygen atoms in total.